The Morgan fingerprint density at radius 3 is 1.38 bits per heavy atom. The van der Waals surface area contributed by atoms with Gasteiger partial charge in [0.1, 0.15) is 0 Å². The second-order valence-corrected chi connectivity index (χ2v) is 9.10. The molecule has 0 aromatic rings. The predicted molar refractivity (Wildman–Crippen MR) is 138 cm³/mol. The van der Waals surface area contributed by atoms with Crippen molar-refractivity contribution in [3.63, 3.8) is 0 Å². The molecule has 0 fully saturated rings. The molecule has 0 bridgehead atoms. The number of hydrogen-bond acceptors (Lipinski definition) is 2. The molecule has 0 aliphatic carbocycles. The first-order chi connectivity index (χ1) is 15.1. The first kappa shape index (κ1) is 33.5. The summed E-state index contributed by atoms with van der Waals surface area (Å²) in [5, 5.41) is 17.8. The molecule has 0 spiro atoms. The third-order valence-electron chi connectivity index (χ3n) is 6.08. The van der Waals surface area contributed by atoms with Crippen LogP contribution in [-0.2, 0) is 9.59 Å². The first-order valence-electron chi connectivity index (χ1n) is 13.2. The van der Waals surface area contributed by atoms with Crippen molar-refractivity contribution in [1.82, 2.24) is 0 Å². The molecule has 0 aliphatic rings. The predicted octanol–water partition coefficient (Wildman–Crippen LogP) is 7.89. The van der Waals surface area contributed by atoms with E-state index in [1.54, 1.807) is 6.08 Å². The number of carbonyl (C=O) groups is 2. The van der Waals surface area contributed by atoms with E-state index in [0.29, 0.717) is 0 Å². The van der Waals surface area contributed by atoms with Gasteiger partial charge in [0.25, 0.3) is 0 Å². The van der Waals surface area contributed by atoms with Gasteiger partial charge in [-0.1, -0.05) is 128 Å². The Hall–Kier alpha value is -0.723. The Balaban J connectivity index is 0. The summed E-state index contributed by atoms with van der Waals surface area (Å²) in [5.74, 6) is -2.55. The van der Waals surface area contributed by atoms with Crippen LogP contribution in [0.1, 0.15) is 142 Å². The van der Waals surface area contributed by atoms with E-state index in [2.05, 4.69) is 6.92 Å². The molecule has 0 heterocycles. The molecule has 0 amide bonds. The SMILES string of the molecule is CCCCCCCCCCCCCCCCCCCCC=CC(CCC(=O)O)C(=O)O.[LiH]. The summed E-state index contributed by atoms with van der Waals surface area (Å²) in [6, 6.07) is 0. The van der Waals surface area contributed by atoms with E-state index in [1.165, 1.54) is 109 Å². The maximum absolute atomic E-state index is 11.1. The molecule has 5 heteroatoms. The molecule has 4 nitrogen and oxygen atoms in total. The topological polar surface area (TPSA) is 74.6 Å². The van der Waals surface area contributed by atoms with Crippen molar-refractivity contribution in [3.05, 3.63) is 12.2 Å². The van der Waals surface area contributed by atoms with Crippen LogP contribution in [0.4, 0.5) is 0 Å². The van der Waals surface area contributed by atoms with Gasteiger partial charge in [-0.05, 0) is 19.3 Å². The van der Waals surface area contributed by atoms with E-state index in [9.17, 15) is 9.59 Å². The van der Waals surface area contributed by atoms with Gasteiger partial charge in [-0.25, -0.2) is 0 Å². The van der Waals surface area contributed by atoms with Gasteiger partial charge in [0.2, 0.25) is 0 Å². The molecule has 0 rings (SSSR count). The van der Waals surface area contributed by atoms with Crippen LogP contribution < -0.4 is 0 Å². The normalized spacial score (nSPS) is 12.0. The van der Waals surface area contributed by atoms with Crippen molar-refractivity contribution in [2.45, 2.75) is 142 Å². The zero-order valence-electron chi connectivity index (χ0n) is 20.3. The van der Waals surface area contributed by atoms with Crippen LogP contribution in [0.2, 0.25) is 0 Å². The quantitative estimate of drug-likeness (QED) is 0.0898. The van der Waals surface area contributed by atoms with Gasteiger partial charge in [0.05, 0.1) is 5.92 Å². The average molecular weight is 447 g/mol. The Bertz CT molecular complexity index is 451. The number of carboxylic acid groups (broad SMARTS) is 2. The molecule has 0 aliphatic heterocycles. The van der Waals surface area contributed by atoms with Gasteiger partial charge in [0.15, 0.2) is 0 Å². The van der Waals surface area contributed by atoms with E-state index in [-0.39, 0.29) is 31.7 Å². The average Bonchev–Trinajstić information content (AvgIpc) is 2.73. The van der Waals surface area contributed by atoms with Gasteiger partial charge in [-0.3, -0.25) is 9.59 Å². The number of allylic oxidation sites excluding steroid dienone is 1. The summed E-state index contributed by atoms with van der Waals surface area (Å²) >= 11 is 0. The summed E-state index contributed by atoms with van der Waals surface area (Å²) in [6.45, 7) is 2.28. The Labute approximate surface area is 210 Å². The summed E-state index contributed by atoms with van der Waals surface area (Å²) in [6.07, 6.45) is 29.0. The van der Waals surface area contributed by atoms with Crippen molar-refractivity contribution < 1.29 is 19.8 Å². The monoisotopic (exact) mass is 446 g/mol. The van der Waals surface area contributed by atoms with Crippen LogP contribution >= 0.6 is 0 Å². The number of hydrogen-bond donors (Lipinski definition) is 2. The van der Waals surface area contributed by atoms with Crippen LogP contribution in [0.25, 0.3) is 0 Å². The van der Waals surface area contributed by atoms with Gasteiger partial charge >= 0.3 is 30.8 Å². The van der Waals surface area contributed by atoms with E-state index in [1.807, 2.05) is 6.08 Å². The maximum atomic E-state index is 11.1. The second kappa shape index (κ2) is 26.5. The fraction of sp³-hybridized carbons (Fsp3) is 0.852. The molecule has 184 valence electrons. The molecule has 0 radical (unpaired) electrons. The van der Waals surface area contributed by atoms with Gasteiger partial charge < -0.3 is 10.2 Å². The number of rotatable bonds is 24. The van der Waals surface area contributed by atoms with Crippen LogP contribution in [0.15, 0.2) is 12.2 Å². The molecule has 0 aromatic carbocycles. The van der Waals surface area contributed by atoms with Crippen LogP contribution in [0.3, 0.4) is 0 Å². The summed E-state index contributed by atoms with van der Waals surface area (Å²) in [4.78, 5) is 21.7. The van der Waals surface area contributed by atoms with Gasteiger partial charge in [-0.2, -0.15) is 0 Å². The molecule has 1 atom stereocenters. The van der Waals surface area contributed by atoms with Crippen molar-refractivity contribution >= 4 is 30.8 Å². The van der Waals surface area contributed by atoms with E-state index in [0.717, 1.165) is 12.8 Å². The zero-order valence-corrected chi connectivity index (χ0v) is 20.3. The summed E-state index contributed by atoms with van der Waals surface area (Å²) < 4.78 is 0. The van der Waals surface area contributed by atoms with Crippen molar-refractivity contribution in [3.8, 4) is 0 Å². The molecular formula is C27H51LiO4. The van der Waals surface area contributed by atoms with Gasteiger partial charge in [-0.15, -0.1) is 0 Å². The van der Waals surface area contributed by atoms with Crippen molar-refractivity contribution in [1.29, 1.82) is 0 Å². The fourth-order valence-electron chi connectivity index (χ4n) is 4.01. The van der Waals surface area contributed by atoms with Crippen LogP contribution in [0.5, 0.6) is 0 Å². The molecule has 32 heavy (non-hydrogen) atoms. The molecule has 0 saturated heterocycles. The number of aliphatic carboxylic acids is 2. The molecular weight excluding hydrogens is 395 g/mol. The van der Waals surface area contributed by atoms with E-state index >= 15 is 0 Å². The van der Waals surface area contributed by atoms with E-state index in [4.69, 9.17) is 10.2 Å². The number of carboxylic acids is 2. The first-order valence-corrected chi connectivity index (χ1v) is 13.2. The molecule has 0 aromatic heterocycles. The second-order valence-electron chi connectivity index (χ2n) is 9.10. The third-order valence-corrected chi connectivity index (χ3v) is 6.08. The zero-order chi connectivity index (χ0) is 23.0. The Kier molecular flexibility index (Phi) is 27.7. The molecule has 2 N–H and O–H groups in total. The summed E-state index contributed by atoms with van der Waals surface area (Å²) in [7, 11) is 0. The Morgan fingerprint density at radius 1 is 0.656 bits per heavy atom. The minimum absolute atomic E-state index is 0. The van der Waals surface area contributed by atoms with Crippen LogP contribution in [-0.4, -0.2) is 41.0 Å². The van der Waals surface area contributed by atoms with E-state index < -0.39 is 17.9 Å². The van der Waals surface area contributed by atoms with Crippen LogP contribution in [0, 0.1) is 5.92 Å². The molecule has 0 saturated carbocycles. The minimum atomic E-state index is -0.942. The van der Waals surface area contributed by atoms with Gasteiger partial charge in [0, 0.05) is 6.42 Å². The van der Waals surface area contributed by atoms with Crippen molar-refractivity contribution in [2.24, 2.45) is 5.92 Å². The third kappa shape index (κ3) is 25.5. The fourth-order valence-corrected chi connectivity index (χ4v) is 4.01. The standard InChI is InChI=1S/C27H50O4.Li.H/c1-2-3-4-5-6-7-8-9-10-11-12-13-14-15-16-17-18-19-20-21-22-25(27(30)31)23-24-26(28)29;;/h21-22,25H,2-20,23-24H2,1H3,(H,28,29)(H,30,31);;. The number of unbranched alkanes of at least 4 members (excludes halogenated alkanes) is 18. The summed E-state index contributed by atoms with van der Waals surface area (Å²) in [5.41, 5.74) is 0. The van der Waals surface area contributed by atoms with Crippen molar-refractivity contribution in [2.75, 3.05) is 0 Å². The Morgan fingerprint density at radius 2 is 1.03 bits per heavy atom. The molecule has 1 unspecified atom stereocenters.